The molecule has 8 unspecified atom stereocenters. The molecule has 5 rings (SSSR count). The van der Waals surface area contributed by atoms with Crippen LogP contribution in [0.25, 0.3) is 11.0 Å². The molecule has 0 aliphatic carbocycles. The van der Waals surface area contributed by atoms with E-state index < -0.39 is 54.1 Å². The number of aromatic nitrogens is 3. The first-order valence-electron chi connectivity index (χ1n) is 20.1. The molecule has 5 amide bonds. The fourth-order valence-corrected chi connectivity index (χ4v) is 11.5. The van der Waals surface area contributed by atoms with Crippen LogP contribution < -0.4 is 57.5 Å². The summed E-state index contributed by atoms with van der Waals surface area (Å²) in [4.78, 5) is 112. The molecule has 2 aromatic heterocycles. The highest BCUT2D eigenvalue weighted by molar-refractivity contribution is 8.00. The molecule has 9 N–H and O–H groups in total. The van der Waals surface area contributed by atoms with Crippen LogP contribution in [-0.4, -0.2) is 105 Å². The number of amides is 5. The molecular weight excluding hydrogens is 931 g/mol. The van der Waals surface area contributed by atoms with E-state index in [1.54, 1.807) is 0 Å². The average molecular weight is 980 g/mol. The first kappa shape index (κ1) is 51.1. The summed E-state index contributed by atoms with van der Waals surface area (Å²) in [5, 5.41) is 25.1. The van der Waals surface area contributed by atoms with E-state index >= 15 is 0 Å². The molecule has 0 spiro atoms. The molecule has 0 radical (unpaired) electrons. The number of carbonyl (C=O) groups excluding carboxylic acids is 4. The summed E-state index contributed by atoms with van der Waals surface area (Å²) < 4.78 is 51.9. The van der Waals surface area contributed by atoms with Gasteiger partial charge in [-0.25, -0.2) is 9.11 Å². The number of rotatable bonds is 24. The number of phosphoric ester groups is 1. The molecule has 3 fully saturated rings. The minimum Gasteiger partial charge on any atom is -0.790 e. The van der Waals surface area contributed by atoms with Crippen molar-refractivity contribution in [3.8, 4) is 11.8 Å². The molecule has 356 valence electrons. The summed E-state index contributed by atoms with van der Waals surface area (Å²) in [7, 11) is -18.3. The molecule has 3 aliphatic rings. The van der Waals surface area contributed by atoms with Crippen LogP contribution in [0.1, 0.15) is 82.4 Å². The third-order valence-electron chi connectivity index (χ3n) is 10.00. The highest BCUT2D eigenvalue weighted by Crippen LogP contribution is 2.60. The molecule has 26 nitrogen and oxygen atoms in total. The van der Waals surface area contributed by atoms with E-state index in [-0.39, 0.29) is 84.3 Å². The van der Waals surface area contributed by atoms with Crippen molar-refractivity contribution in [1.82, 2.24) is 41.1 Å². The first-order chi connectivity index (χ1) is 30.2. The van der Waals surface area contributed by atoms with Gasteiger partial charge in [0.15, 0.2) is 5.65 Å². The lowest BCUT2D eigenvalue weighted by molar-refractivity contribution is -0.339. The number of aromatic amines is 1. The average Bonchev–Trinajstić information content (AvgIpc) is 3.95. The van der Waals surface area contributed by atoms with Gasteiger partial charge in [-0.15, -0.1) is 0 Å². The maximum absolute atomic E-state index is 12.9. The summed E-state index contributed by atoms with van der Waals surface area (Å²) in [5.41, 5.74) is 5.11. The number of nitrogens with one attached hydrogen (secondary N) is 6. The number of aliphatic hydroxyl groups excluding tert-OH is 1. The van der Waals surface area contributed by atoms with Crippen LogP contribution in [0.2, 0.25) is 0 Å². The van der Waals surface area contributed by atoms with Gasteiger partial charge >= 0.3 is 6.03 Å². The fourth-order valence-electron chi connectivity index (χ4n) is 7.08. The Balaban J connectivity index is 0.954. The molecular formula is C34H48N9O17P3S-4. The standard InChI is InChI=1S/C34H52N9O17P3S/c35-33-41-31-29(32(48)42-33)20(17-43(31)28-16-22(44)23(58-28)18-57-62(53,54)60-63(55,56)59-61(50,51)52)8-6-14-37-27(47)12-7-15-38-25(45)10-2-1-5-13-36-26(46)11-4-3-9-24-30-21(19-64-24)39-34(49)40-30/h17,21-24,28,30,44H,1-5,7,9-16,18-19H2,(H,36,46)(H,37,47)(H,38,45)(H,53,54)(H,55,56)(H2,39,40,49)(H2,50,51,52)(H3,35,41,42,48)/p-4. The molecule has 3 aliphatic heterocycles. The van der Waals surface area contributed by atoms with E-state index in [1.165, 1.54) is 10.8 Å². The molecule has 5 heterocycles. The summed E-state index contributed by atoms with van der Waals surface area (Å²) >= 11 is 1.86. The number of nitrogens with zero attached hydrogens (tertiary/aromatic N) is 2. The van der Waals surface area contributed by atoms with Crippen LogP contribution in [0.5, 0.6) is 0 Å². The van der Waals surface area contributed by atoms with Gasteiger partial charge in [0.25, 0.3) is 21.2 Å². The minimum atomic E-state index is -6.21. The number of nitrogen functional groups attached to an aromatic ring is 1. The van der Waals surface area contributed by atoms with Crippen LogP contribution >= 0.6 is 35.2 Å². The number of hydrogen-bond acceptors (Lipinski definition) is 20. The van der Waals surface area contributed by atoms with Gasteiger partial charge in [-0.05, 0) is 32.1 Å². The lowest BCUT2D eigenvalue weighted by atomic mass is 10.0. The number of hydrogen-bond donors (Lipinski definition) is 8. The number of nitrogens with two attached hydrogens (primary N) is 1. The van der Waals surface area contributed by atoms with Crippen molar-refractivity contribution < 1.29 is 75.4 Å². The molecule has 30 heteroatoms. The second-order valence-electron chi connectivity index (χ2n) is 14.9. The lowest BCUT2D eigenvalue weighted by Crippen LogP contribution is -2.36. The Morgan fingerprint density at radius 3 is 2.33 bits per heavy atom. The predicted molar refractivity (Wildman–Crippen MR) is 218 cm³/mol. The van der Waals surface area contributed by atoms with Crippen molar-refractivity contribution in [2.24, 2.45) is 0 Å². The highest BCUT2D eigenvalue weighted by atomic mass is 32.2. The number of anilines is 1. The summed E-state index contributed by atoms with van der Waals surface area (Å²) in [5.74, 6) is 5.59. The number of thioether (sulfide) groups is 1. The molecule has 64 heavy (non-hydrogen) atoms. The third kappa shape index (κ3) is 15.9. The predicted octanol–water partition coefficient (Wildman–Crippen LogP) is -2.46. The Hall–Kier alpha value is -3.86. The van der Waals surface area contributed by atoms with Crippen molar-refractivity contribution in [2.75, 3.05) is 37.7 Å². The van der Waals surface area contributed by atoms with Gasteiger partial charge in [0.2, 0.25) is 23.7 Å². The zero-order valence-corrected chi connectivity index (χ0v) is 37.6. The smallest absolute Gasteiger partial charge is 0.315 e. The van der Waals surface area contributed by atoms with E-state index in [4.69, 9.17) is 10.5 Å². The van der Waals surface area contributed by atoms with Gasteiger partial charge in [-0.1, -0.05) is 24.7 Å². The van der Waals surface area contributed by atoms with Gasteiger partial charge in [0.1, 0.15) is 12.3 Å². The number of fused-ring (bicyclic) bond motifs is 2. The highest BCUT2D eigenvalue weighted by Gasteiger charge is 2.42. The topological polar surface area (TPSA) is 406 Å². The Morgan fingerprint density at radius 2 is 1.61 bits per heavy atom. The van der Waals surface area contributed by atoms with E-state index in [0.717, 1.165) is 37.9 Å². The lowest BCUT2D eigenvalue weighted by Gasteiger charge is -2.37. The molecule has 3 saturated heterocycles. The van der Waals surface area contributed by atoms with E-state index in [1.807, 2.05) is 11.8 Å². The maximum Gasteiger partial charge on any atom is 0.315 e. The van der Waals surface area contributed by atoms with Crippen LogP contribution in [0.4, 0.5) is 10.7 Å². The van der Waals surface area contributed by atoms with Crippen molar-refractivity contribution in [3.63, 3.8) is 0 Å². The maximum atomic E-state index is 12.9. The van der Waals surface area contributed by atoms with E-state index in [9.17, 15) is 62.3 Å². The third-order valence-corrected chi connectivity index (χ3v) is 15.2. The number of carbonyl (C=O) groups is 4. The number of urea groups is 1. The second-order valence-corrected chi connectivity index (χ2v) is 20.4. The number of ether oxygens (including phenoxy) is 1. The van der Waals surface area contributed by atoms with Gasteiger partial charge < -0.3 is 75.4 Å². The quantitative estimate of drug-likeness (QED) is 0.0234. The zero-order chi connectivity index (χ0) is 46.7. The fraction of sp³-hybridized carbons (Fsp3) is 0.647. The summed E-state index contributed by atoms with van der Waals surface area (Å²) in [6, 6.07) is 0.250. The van der Waals surface area contributed by atoms with E-state index in [2.05, 4.69) is 61.5 Å². The Bertz CT molecular complexity index is 2280. The molecule has 0 aromatic carbocycles. The summed E-state index contributed by atoms with van der Waals surface area (Å²) in [6.07, 6.45) is 3.05. The van der Waals surface area contributed by atoms with Gasteiger partial charge in [-0.3, -0.25) is 37.6 Å². The van der Waals surface area contributed by atoms with Crippen LogP contribution in [0, 0.1) is 11.8 Å². The van der Waals surface area contributed by atoms with Crippen LogP contribution in [0.3, 0.4) is 0 Å². The van der Waals surface area contributed by atoms with Crippen molar-refractivity contribution in [1.29, 1.82) is 0 Å². The monoisotopic (exact) mass is 979 g/mol. The Labute approximate surface area is 369 Å². The number of unbranched alkanes of at least 4 members (excludes halogenated alkanes) is 3. The SMILES string of the molecule is Nc1nc2c(c(C#CCNC(=O)CCCNC(=O)CCCCCNC(=O)CCCCC3SCC4NC(=O)NC43)cn2C2CC(O)C(COP(=O)([O-])OP(=O)([O-])OP(=O)([O-])[O-])O2)c(=O)[nH]1. The number of H-pyrrole nitrogens is 1. The van der Waals surface area contributed by atoms with Gasteiger partial charge in [-0.2, -0.15) is 16.7 Å². The second kappa shape index (κ2) is 23.0. The van der Waals surface area contributed by atoms with Crippen molar-refractivity contribution in [2.45, 2.75) is 106 Å². The molecule has 8 atom stereocenters. The normalized spacial score (nSPS) is 23.5. The van der Waals surface area contributed by atoms with Gasteiger partial charge in [0, 0.05) is 56.0 Å². The van der Waals surface area contributed by atoms with Gasteiger partial charge in [0.05, 0.1) is 50.1 Å². The van der Waals surface area contributed by atoms with Crippen LogP contribution in [-0.2, 0) is 46.0 Å². The Morgan fingerprint density at radius 1 is 0.938 bits per heavy atom. The molecule has 2 aromatic rings. The minimum absolute atomic E-state index is 0.000842. The number of aliphatic hydroxyl groups is 1. The van der Waals surface area contributed by atoms with Crippen molar-refractivity contribution in [3.05, 3.63) is 22.1 Å². The van der Waals surface area contributed by atoms with Crippen LogP contribution in [0.15, 0.2) is 11.0 Å². The largest absolute Gasteiger partial charge is 0.790 e. The van der Waals surface area contributed by atoms with E-state index in [0.29, 0.717) is 37.5 Å². The molecule has 0 bridgehead atoms. The zero-order valence-electron chi connectivity index (χ0n) is 34.1. The number of phosphoric acid groups is 3. The summed E-state index contributed by atoms with van der Waals surface area (Å²) in [6.45, 7) is -0.364. The molecule has 0 saturated carbocycles. The van der Waals surface area contributed by atoms with Crippen molar-refractivity contribution >= 4 is 76.0 Å². The Kier molecular flexibility index (Phi) is 18.4. The first-order valence-corrected chi connectivity index (χ1v) is 25.5.